The lowest BCUT2D eigenvalue weighted by Crippen LogP contribution is -2.29. The Bertz CT molecular complexity index is 637. The van der Waals surface area contributed by atoms with E-state index < -0.39 is 0 Å². The largest absolute Gasteiger partial charge is 0.279 e. The third kappa shape index (κ3) is 3.21. The predicted octanol–water partition coefficient (Wildman–Crippen LogP) is 2.79. The molecule has 3 rings (SSSR count). The first-order chi connectivity index (χ1) is 10.1. The van der Waals surface area contributed by atoms with Crippen LogP contribution in [0.2, 0.25) is 0 Å². The molecule has 0 bridgehead atoms. The van der Waals surface area contributed by atoms with Gasteiger partial charge in [0, 0.05) is 16.3 Å². The summed E-state index contributed by atoms with van der Waals surface area (Å²) in [7, 11) is 0. The normalized spacial score (nSPS) is 13.6. The maximum absolute atomic E-state index is 12.2. The molecule has 2 heterocycles. The van der Waals surface area contributed by atoms with Crippen LogP contribution in [-0.4, -0.2) is 15.9 Å². The van der Waals surface area contributed by atoms with Crippen molar-refractivity contribution in [2.24, 2.45) is 0 Å². The summed E-state index contributed by atoms with van der Waals surface area (Å²) in [6, 6.07) is 3.90. The molecule has 0 spiro atoms. The number of nitrogens with one attached hydrogen (secondary N) is 2. The summed E-state index contributed by atoms with van der Waals surface area (Å²) in [5.74, 6) is 0.291. The highest BCUT2D eigenvalue weighted by atomic mass is 32.1. The molecule has 1 aliphatic rings. The molecule has 0 fully saturated rings. The first kappa shape index (κ1) is 14.0. The number of thiophene rings is 1. The van der Waals surface area contributed by atoms with Crippen LogP contribution in [0.5, 0.6) is 0 Å². The minimum Gasteiger partial charge on any atom is -0.266 e. The third-order valence-corrected chi connectivity index (χ3v) is 4.73. The van der Waals surface area contributed by atoms with Crippen molar-refractivity contribution < 1.29 is 4.79 Å². The van der Waals surface area contributed by atoms with Crippen LogP contribution in [0, 0.1) is 13.8 Å². The lowest BCUT2D eigenvalue weighted by atomic mass is 9.99. The molecule has 2 aromatic heterocycles. The number of aromatic nitrogens is 2. The van der Waals surface area contributed by atoms with Crippen molar-refractivity contribution >= 4 is 23.2 Å². The summed E-state index contributed by atoms with van der Waals surface area (Å²) >= 11 is 1.59. The second kappa shape index (κ2) is 5.81. The van der Waals surface area contributed by atoms with Crippen LogP contribution in [0.1, 0.15) is 44.3 Å². The van der Waals surface area contributed by atoms with Crippen LogP contribution in [-0.2, 0) is 12.8 Å². The molecule has 110 valence electrons. The average Bonchev–Trinajstić information content (AvgIpc) is 2.87. The van der Waals surface area contributed by atoms with Gasteiger partial charge in [0.25, 0.3) is 5.91 Å². The monoisotopic (exact) mass is 302 g/mol. The number of hydrogen-bond donors (Lipinski definition) is 2. The maximum atomic E-state index is 12.2. The topological polar surface area (TPSA) is 66.9 Å². The number of rotatable bonds is 3. The molecule has 6 heteroatoms. The van der Waals surface area contributed by atoms with Crippen molar-refractivity contribution in [2.45, 2.75) is 39.5 Å². The number of carbonyl (C=O) groups excluding carboxylic acids is 1. The molecule has 0 radical (unpaired) electrons. The third-order valence-electron chi connectivity index (χ3n) is 3.49. The van der Waals surface area contributed by atoms with Gasteiger partial charge in [0.2, 0.25) is 5.95 Å². The van der Waals surface area contributed by atoms with Crippen molar-refractivity contribution in [3.63, 3.8) is 0 Å². The summed E-state index contributed by atoms with van der Waals surface area (Å²) < 4.78 is 0. The lowest BCUT2D eigenvalue weighted by Gasteiger charge is -2.08. The summed E-state index contributed by atoms with van der Waals surface area (Å²) in [6.07, 6.45) is 4.64. The first-order valence-corrected chi connectivity index (χ1v) is 7.94. The van der Waals surface area contributed by atoms with Crippen LogP contribution in [0.25, 0.3) is 0 Å². The molecule has 0 aliphatic heterocycles. The van der Waals surface area contributed by atoms with E-state index in [9.17, 15) is 4.79 Å². The van der Waals surface area contributed by atoms with Gasteiger partial charge in [-0.25, -0.2) is 9.97 Å². The molecule has 0 atom stereocenters. The molecule has 2 N–H and O–H groups in total. The van der Waals surface area contributed by atoms with E-state index in [0.717, 1.165) is 29.1 Å². The van der Waals surface area contributed by atoms with Gasteiger partial charge in [0.05, 0.1) is 4.88 Å². The molecular weight excluding hydrogens is 284 g/mol. The zero-order valence-electron chi connectivity index (χ0n) is 12.2. The molecule has 1 aliphatic carbocycles. The Hall–Kier alpha value is -1.95. The van der Waals surface area contributed by atoms with E-state index in [-0.39, 0.29) is 5.91 Å². The van der Waals surface area contributed by atoms with Gasteiger partial charge in [-0.05, 0) is 57.2 Å². The highest BCUT2D eigenvalue weighted by molar-refractivity contribution is 7.14. The summed E-state index contributed by atoms with van der Waals surface area (Å²) in [4.78, 5) is 22.8. The number of amides is 1. The Morgan fingerprint density at radius 1 is 1.14 bits per heavy atom. The second-order valence-corrected chi connectivity index (χ2v) is 6.46. The molecule has 2 aromatic rings. The average molecular weight is 302 g/mol. The highest BCUT2D eigenvalue weighted by Crippen LogP contribution is 2.29. The fraction of sp³-hybridized carbons (Fsp3) is 0.400. The van der Waals surface area contributed by atoms with E-state index in [1.165, 1.54) is 23.3 Å². The van der Waals surface area contributed by atoms with E-state index in [4.69, 9.17) is 0 Å². The van der Waals surface area contributed by atoms with Crippen molar-refractivity contribution in [3.05, 3.63) is 38.8 Å². The van der Waals surface area contributed by atoms with Gasteiger partial charge in [0.15, 0.2) is 0 Å². The Morgan fingerprint density at radius 3 is 2.57 bits per heavy atom. The summed E-state index contributed by atoms with van der Waals surface area (Å²) in [5.41, 5.74) is 8.53. The Balaban J connectivity index is 1.67. The van der Waals surface area contributed by atoms with Gasteiger partial charge in [-0.15, -0.1) is 11.3 Å². The quantitative estimate of drug-likeness (QED) is 0.856. The second-order valence-electron chi connectivity index (χ2n) is 5.32. The number of nitrogens with zero attached hydrogens (tertiary/aromatic N) is 2. The number of carbonyl (C=O) groups is 1. The Morgan fingerprint density at radius 2 is 1.86 bits per heavy atom. The van der Waals surface area contributed by atoms with E-state index in [1.807, 2.05) is 26.0 Å². The van der Waals surface area contributed by atoms with E-state index in [2.05, 4.69) is 20.8 Å². The number of hydrogen-bond acceptors (Lipinski definition) is 5. The van der Waals surface area contributed by atoms with Crippen LogP contribution in [0.3, 0.4) is 0 Å². The molecule has 5 nitrogen and oxygen atoms in total. The fourth-order valence-corrected chi connectivity index (χ4v) is 3.71. The van der Waals surface area contributed by atoms with Gasteiger partial charge in [-0.3, -0.25) is 15.6 Å². The minimum atomic E-state index is -0.128. The van der Waals surface area contributed by atoms with Gasteiger partial charge in [-0.1, -0.05) is 0 Å². The van der Waals surface area contributed by atoms with Gasteiger partial charge in [0.1, 0.15) is 0 Å². The highest BCUT2D eigenvalue weighted by Gasteiger charge is 2.17. The molecule has 21 heavy (non-hydrogen) atoms. The number of fused-ring (bicyclic) bond motifs is 1. The van der Waals surface area contributed by atoms with Crippen molar-refractivity contribution in [3.8, 4) is 0 Å². The van der Waals surface area contributed by atoms with Gasteiger partial charge < -0.3 is 0 Å². The summed E-state index contributed by atoms with van der Waals surface area (Å²) in [5, 5.41) is 0. The van der Waals surface area contributed by atoms with Crippen LogP contribution in [0.15, 0.2) is 12.1 Å². The minimum absolute atomic E-state index is 0.128. The zero-order valence-corrected chi connectivity index (χ0v) is 13.0. The Labute approximate surface area is 127 Å². The molecular formula is C15H18N4OS. The smallest absolute Gasteiger partial charge is 0.266 e. The van der Waals surface area contributed by atoms with Crippen LogP contribution >= 0.6 is 11.3 Å². The number of anilines is 1. The molecule has 1 amide bonds. The lowest BCUT2D eigenvalue weighted by molar-refractivity contribution is 0.0966. The Kier molecular flexibility index (Phi) is 3.88. The summed E-state index contributed by atoms with van der Waals surface area (Å²) in [6.45, 7) is 3.80. The van der Waals surface area contributed by atoms with E-state index >= 15 is 0 Å². The molecule has 0 unspecified atom stereocenters. The SMILES string of the molecule is Cc1cc(C)nc(NNC(=O)c2cc3c(s2)CCCC3)n1. The van der Waals surface area contributed by atoms with E-state index in [1.54, 1.807) is 11.3 Å². The fourth-order valence-electron chi connectivity index (χ4n) is 2.56. The predicted molar refractivity (Wildman–Crippen MR) is 83.6 cm³/mol. The molecule has 0 saturated heterocycles. The van der Waals surface area contributed by atoms with Crippen molar-refractivity contribution in [1.29, 1.82) is 0 Å². The van der Waals surface area contributed by atoms with Gasteiger partial charge >= 0.3 is 0 Å². The van der Waals surface area contributed by atoms with Crippen molar-refractivity contribution in [1.82, 2.24) is 15.4 Å². The van der Waals surface area contributed by atoms with Crippen molar-refractivity contribution in [2.75, 3.05) is 5.43 Å². The first-order valence-electron chi connectivity index (χ1n) is 7.12. The van der Waals surface area contributed by atoms with Crippen LogP contribution < -0.4 is 10.9 Å². The zero-order chi connectivity index (χ0) is 14.8. The standard InChI is InChI=1S/C15H18N4OS/c1-9-7-10(2)17-15(16-9)19-18-14(20)13-8-11-5-3-4-6-12(11)21-13/h7-8H,3-6H2,1-2H3,(H,18,20)(H,16,17,19). The molecule has 0 saturated carbocycles. The van der Waals surface area contributed by atoms with Crippen LogP contribution in [0.4, 0.5) is 5.95 Å². The van der Waals surface area contributed by atoms with E-state index in [0.29, 0.717) is 5.95 Å². The molecule has 0 aromatic carbocycles. The number of aryl methyl sites for hydroxylation is 4. The number of hydrazine groups is 1. The van der Waals surface area contributed by atoms with Gasteiger partial charge in [-0.2, -0.15) is 0 Å². The maximum Gasteiger partial charge on any atom is 0.279 e.